The number of phenolic OH excluding ortho intramolecular Hbond substituents is 1. The van der Waals surface area contributed by atoms with Gasteiger partial charge >= 0.3 is 5.69 Å². The Labute approximate surface area is 226 Å². The number of benzene rings is 1. The Kier molecular flexibility index (Phi) is 7.26. The van der Waals surface area contributed by atoms with Crippen LogP contribution in [0, 0.1) is 40.2 Å². The molecule has 9 nitrogen and oxygen atoms in total. The van der Waals surface area contributed by atoms with E-state index in [0.29, 0.717) is 24.1 Å². The maximum atomic E-state index is 12.8. The normalized spacial score (nSPS) is 28.7. The minimum Gasteiger partial charge on any atom is -0.502 e. The fourth-order valence-electron chi connectivity index (χ4n) is 7.31. The summed E-state index contributed by atoms with van der Waals surface area (Å²) in [6, 6.07) is 3.18. The summed E-state index contributed by atoms with van der Waals surface area (Å²) in [6.45, 7) is 8.29. The number of carbonyl (C=O) groups is 1. The van der Waals surface area contributed by atoms with Gasteiger partial charge in [0.25, 0.3) is 0 Å². The average Bonchev–Trinajstić information content (AvgIpc) is 3.41. The Morgan fingerprint density at radius 3 is 2.97 bits per heavy atom. The van der Waals surface area contributed by atoms with Gasteiger partial charge in [0.15, 0.2) is 10.9 Å². The average molecular weight is 539 g/mol. The highest BCUT2D eigenvalue weighted by atomic mass is 32.1. The summed E-state index contributed by atoms with van der Waals surface area (Å²) in [6.07, 6.45) is 8.82. The summed E-state index contributed by atoms with van der Waals surface area (Å²) in [4.78, 5) is 34.7. The number of hydrogen-bond acceptors (Lipinski definition) is 8. The molecule has 10 heteroatoms. The third kappa shape index (κ3) is 4.81. The molecule has 2 aromatic rings. The quantitative estimate of drug-likeness (QED) is 0.180. The largest absolute Gasteiger partial charge is 0.502 e. The number of aromatic nitrogens is 1. The van der Waals surface area contributed by atoms with Gasteiger partial charge in [-0.25, -0.2) is 4.98 Å². The van der Waals surface area contributed by atoms with E-state index in [2.05, 4.69) is 29.0 Å². The van der Waals surface area contributed by atoms with Gasteiger partial charge in [0.05, 0.1) is 10.6 Å². The molecule has 0 bridgehead atoms. The van der Waals surface area contributed by atoms with Crippen LogP contribution in [0.4, 0.5) is 10.8 Å². The van der Waals surface area contributed by atoms with Crippen LogP contribution in [-0.2, 0) is 16.1 Å². The van der Waals surface area contributed by atoms with Crippen molar-refractivity contribution in [2.75, 3.05) is 11.9 Å². The van der Waals surface area contributed by atoms with E-state index in [1.165, 1.54) is 11.3 Å². The lowest BCUT2D eigenvalue weighted by Gasteiger charge is -2.50. The maximum absolute atomic E-state index is 12.8. The number of nitrogens with one attached hydrogen (secondary N) is 1. The van der Waals surface area contributed by atoms with E-state index >= 15 is 0 Å². The second-order valence-corrected chi connectivity index (χ2v) is 12.3. The Bertz CT molecular complexity index is 1290. The highest BCUT2D eigenvalue weighted by molar-refractivity contribution is 7.15. The van der Waals surface area contributed by atoms with Crippen molar-refractivity contribution in [3.63, 3.8) is 0 Å². The second-order valence-electron chi connectivity index (χ2n) is 11.0. The number of aromatic hydroxyl groups is 1. The van der Waals surface area contributed by atoms with E-state index in [0.717, 1.165) is 60.2 Å². The molecule has 1 aromatic heterocycles. The van der Waals surface area contributed by atoms with Crippen molar-refractivity contribution in [1.82, 2.24) is 4.98 Å². The van der Waals surface area contributed by atoms with Gasteiger partial charge in [-0.2, -0.15) is 0 Å². The number of oxime groups is 1. The summed E-state index contributed by atoms with van der Waals surface area (Å²) in [5.41, 5.74) is 2.67. The van der Waals surface area contributed by atoms with Crippen LogP contribution in [0.2, 0.25) is 0 Å². The molecule has 1 heterocycles. The molecule has 2 N–H and O–H groups in total. The van der Waals surface area contributed by atoms with Crippen molar-refractivity contribution < 1.29 is 19.7 Å². The molecule has 3 aliphatic rings. The first kappa shape index (κ1) is 26.3. The van der Waals surface area contributed by atoms with E-state index in [1.54, 1.807) is 24.4 Å². The molecule has 0 saturated heterocycles. The molecular formula is C28H34N4O5S. The molecule has 0 aliphatic heterocycles. The van der Waals surface area contributed by atoms with Crippen LogP contribution < -0.4 is 5.32 Å². The first-order valence-electron chi connectivity index (χ1n) is 13.2. The second kappa shape index (κ2) is 10.5. The lowest BCUT2D eigenvalue weighted by molar-refractivity contribution is -0.386. The number of aryl methyl sites for hydroxylation is 2. The van der Waals surface area contributed by atoms with E-state index in [9.17, 15) is 20.0 Å². The SMILES string of the molecule is C=CCO/N=C1\C[C@@H](CCC(=O)Nc2ncc(C)s2)C2C3CCc4cc(O)c([N+](=O)[O-])cc4C3CC[C@]12C. The van der Waals surface area contributed by atoms with Crippen LogP contribution in [0.15, 0.2) is 36.1 Å². The molecule has 3 unspecified atom stereocenters. The molecule has 5 rings (SSSR count). The summed E-state index contributed by atoms with van der Waals surface area (Å²) >= 11 is 1.46. The molecule has 0 radical (unpaired) electrons. The topological polar surface area (TPSA) is 127 Å². The predicted octanol–water partition coefficient (Wildman–Crippen LogP) is 6.13. The Hall–Kier alpha value is -3.27. The number of hydrogen-bond donors (Lipinski definition) is 2. The van der Waals surface area contributed by atoms with Crippen molar-refractivity contribution >= 4 is 33.8 Å². The number of thiazole rings is 1. The van der Waals surface area contributed by atoms with E-state index in [-0.39, 0.29) is 40.5 Å². The van der Waals surface area contributed by atoms with Crippen LogP contribution >= 0.6 is 11.3 Å². The van der Waals surface area contributed by atoms with E-state index in [4.69, 9.17) is 4.84 Å². The number of amides is 1. The van der Waals surface area contributed by atoms with Gasteiger partial charge in [-0.15, -0.1) is 11.3 Å². The molecule has 38 heavy (non-hydrogen) atoms. The number of fused-ring (bicyclic) bond motifs is 5. The molecule has 2 fully saturated rings. The molecule has 0 spiro atoms. The number of nitro groups is 1. The van der Waals surface area contributed by atoms with Crippen molar-refractivity contribution in [1.29, 1.82) is 0 Å². The van der Waals surface area contributed by atoms with Crippen molar-refractivity contribution in [3.8, 4) is 5.75 Å². The lowest BCUT2D eigenvalue weighted by Crippen LogP contribution is -2.44. The van der Waals surface area contributed by atoms with Gasteiger partial charge in [-0.1, -0.05) is 24.7 Å². The molecule has 202 valence electrons. The van der Waals surface area contributed by atoms with Gasteiger partial charge in [0.2, 0.25) is 5.91 Å². The third-order valence-electron chi connectivity index (χ3n) is 8.87. The maximum Gasteiger partial charge on any atom is 0.310 e. The lowest BCUT2D eigenvalue weighted by atomic mass is 9.54. The number of anilines is 1. The van der Waals surface area contributed by atoms with Crippen LogP contribution in [0.5, 0.6) is 5.75 Å². The first-order valence-corrected chi connectivity index (χ1v) is 14.1. The zero-order valence-corrected chi connectivity index (χ0v) is 22.6. The van der Waals surface area contributed by atoms with Gasteiger partial charge in [-0.3, -0.25) is 14.9 Å². The van der Waals surface area contributed by atoms with Gasteiger partial charge in [-0.05, 0) is 86.3 Å². The standard InChI is InChI=1S/C28H34N4O5S/c1-4-11-37-31-24-13-18(6-8-25(34)30-27-29-15-16(2)38-27)26-20-7-5-17-12-23(33)22(32(35)36)14-21(17)19(20)9-10-28(24,26)3/h4,12,14-15,18-20,26,33H,1,5-11,13H2,2-3H3,(H,29,30,34)/b31-24+/t18-,19?,20?,26?,28-/m1/s1. The van der Waals surface area contributed by atoms with E-state index in [1.807, 2.05) is 6.92 Å². The zero-order valence-electron chi connectivity index (χ0n) is 21.8. The Balaban J connectivity index is 1.42. The van der Waals surface area contributed by atoms with Gasteiger partial charge in [0.1, 0.15) is 6.61 Å². The monoisotopic (exact) mass is 538 g/mol. The summed E-state index contributed by atoms with van der Waals surface area (Å²) in [7, 11) is 0. The van der Waals surface area contributed by atoms with Gasteiger partial charge in [0, 0.05) is 29.0 Å². The number of nitro benzene ring substituents is 1. The molecule has 5 atom stereocenters. The summed E-state index contributed by atoms with van der Waals surface area (Å²) in [5, 5.41) is 29.9. The van der Waals surface area contributed by atoms with Crippen LogP contribution in [0.25, 0.3) is 0 Å². The van der Waals surface area contributed by atoms with Crippen molar-refractivity contribution in [3.05, 3.63) is 57.1 Å². The molecule has 2 saturated carbocycles. The fraction of sp³-hybridized carbons (Fsp3) is 0.536. The molecular weight excluding hydrogens is 504 g/mol. The number of rotatable bonds is 8. The Morgan fingerprint density at radius 1 is 1.45 bits per heavy atom. The number of carbonyl (C=O) groups excluding carboxylic acids is 1. The number of nitrogens with zero attached hydrogens (tertiary/aromatic N) is 3. The van der Waals surface area contributed by atoms with Crippen LogP contribution in [0.1, 0.15) is 67.4 Å². The first-order chi connectivity index (χ1) is 18.2. The highest BCUT2D eigenvalue weighted by Crippen LogP contribution is 2.63. The summed E-state index contributed by atoms with van der Waals surface area (Å²) in [5.74, 6) is 0.717. The van der Waals surface area contributed by atoms with Crippen molar-refractivity contribution in [2.24, 2.45) is 28.3 Å². The van der Waals surface area contributed by atoms with Gasteiger partial charge < -0.3 is 15.3 Å². The summed E-state index contributed by atoms with van der Waals surface area (Å²) < 4.78 is 0. The molecule has 1 amide bonds. The van der Waals surface area contributed by atoms with Crippen molar-refractivity contribution in [2.45, 2.75) is 64.7 Å². The van der Waals surface area contributed by atoms with Crippen LogP contribution in [0.3, 0.4) is 0 Å². The minimum absolute atomic E-state index is 0.0400. The zero-order chi connectivity index (χ0) is 27.0. The molecule has 3 aliphatic carbocycles. The smallest absolute Gasteiger partial charge is 0.310 e. The third-order valence-corrected chi connectivity index (χ3v) is 9.70. The van der Waals surface area contributed by atoms with Crippen LogP contribution in [-0.4, -0.2) is 33.2 Å². The van der Waals surface area contributed by atoms with E-state index < -0.39 is 4.92 Å². The predicted molar refractivity (Wildman–Crippen MR) is 147 cm³/mol. The fourth-order valence-corrected chi connectivity index (χ4v) is 7.99. The highest BCUT2D eigenvalue weighted by Gasteiger charge is 2.57. The Morgan fingerprint density at radius 2 is 2.26 bits per heavy atom. The number of phenols is 1. The molecule has 1 aromatic carbocycles. The minimum atomic E-state index is -0.505.